The van der Waals surface area contributed by atoms with Gasteiger partial charge in [0.15, 0.2) is 0 Å². The van der Waals surface area contributed by atoms with Gasteiger partial charge in [-0.2, -0.15) is 0 Å². The molecular weight excluding hydrogens is 348 g/mol. The number of para-hydroxylation sites is 1. The molecule has 1 fully saturated rings. The van der Waals surface area contributed by atoms with Crippen LogP contribution in [0.5, 0.6) is 0 Å². The predicted octanol–water partition coefficient (Wildman–Crippen LogP) is 4.06. The molecule has 0 bridgehead atoms. The van der Waals surface area contributed by atoms with E-state index in [0.717, 1.165) is 34.8 Å². The van der Waals surface area contributed by atoms with Crippen LogP contribution in [0.15, 0.2) is 65.1 Å². The van der Waals surface area contributed by atoms with Gasteiger partial charge in [-0.25, -0.2) is 0 Å². The number of rotatable bonds is 7. The van der Waals surface area contributed by atoms with Gasteiger partial charge in [-0.05, 0) is 43.0 Å². The molecule has 0 saturated heterocycles. The number of carbonyl (C=O) groups excluding carboxylic acids is 1. The number of halogens is 1. The maximum Gasteiger partial charge on any atom is 0.234 e. The second-order valence-corrected chi connectivity index (χ2v) is 6.67. The van der Waals surface area contributed by atoms with E-state index in [0.29, 0.717) is 6.54 Å². The topological polar surface area (TPSA) is 54.3 Å². The van der Waals surface area contributed by atoms with E-state index >= 15 is 0 Å². The molecule has 3 aromatic rings. The largest absolute Gasteiger partial charge is 0.459 e. The summed E-state index contributed by atoms with van der Waals surface area (Å²) >= 11 is 0. The summed E-state index contributed by atoms with van der Waals surface area (Å²) in [6, 6.07) is 19.6. The first-order valence-corrected chi connectivity index (χ1v) is 8.83. The van der Waals surface area contributed by atoms with Crippen molar-refractivity contribution in [1.29, 1.82) is 0 Å². The van der Waals surface area contributed by atoms with Crippen LogP contribution in [-0.4, -0.2) is 19.0 Å². The molecule has 2 N–H and O–H groups in total. The molecule has 1 aliphatic carbocycles. The molecular formula is C21H23ClN2O2. The van der Waals surface area contributed by atoms with E-state index in [4.69, 9.17) is 4.42 Å². The Kier molecular flexibility index (Phi) is 5.96. The minimum absolute atomic E-state index is 0. The maximum atomic E-state index is 12.4. The summed E-state index contributed by atoms with van der Waals surface area (Å²) in [5.41, 5.74) is 1.84. The molecule has 0 radical (unpaired) electrons. The van der Waals surface area contributed by atoms with E-state index in [1.807, 2.05) is 60.7 Å². The van der Waals surface area contributed by atoms with Crippen LogP contribution in [0.3, 0.4) is 0 Å². The summed E-state index contributed by atoms with van der Waals surface area (Å²) in [6.07, 6.45) is 2.56. The SMILES string of the molecule is Cl.O=C(CNCC1CC1)NC(c1ccccc1)c1cc2ccccc2o1. The van der Waals surface area contributed by atoms with Crippen LogP contribution in [-0.2, 0) is 4.79 Å². The van der Waals surface area contributed by atoms with Gasteiger partial charge in [0.25, 0.3) is 0 Å². The highest BCUT2D eigenvalue weighted by atomic mass is 35.5. The smallest absolute Gasteiger partial charge is 0.234 e. The minimum Gasteiger partial charge on any atom is -0.459 e. The first-order chi connectivity index (χ1) is 12.3. The van der Waals surface area contributed by atoms with Crippen LogP contribution in [0.1, 0.15) is 30.2 Å². The van der Waals surface area contributed by atoms with Crippen molar-refractivity contribution in [1.82, 2.24) is 10.6 Å². The lowest BCUT2D eigenvalue weighted by atomic mass is 10.0. The molecule has 4 nitrogen and oxygen atoms in total. The minimum atomic E-state index is -0.288. The zero-order valence-corrected chi connectivity index (χ0v) is 15.3. The molecule has 5 heteroatoms. The molecule has 1 unspecified atom stereocenters. The molecule has 0 spiro atoms. The van der Waals surface area contributed by atoms with Crippen molar-refractivity contribution in [2.45, 2.75) is 18.9 Å². The Bertz CT molecular complexity index is 826. The fourth-order valence-corrected chi connectivity index (χ4v) is 3.03. The lowest BCUT2D eigenvalue weighted by Gasteiger charge is -2.17. The molecule has 1 amide bonds. The maximum absolute atomic E-state index is 12.4. The number of benzene rings is 2. The van der Waals surface area contributed by atoms with Gasteiger partial charge in [-0.3, -0.25) is 4.79 Å². The molecule has 1 atom stereocenters. The highest BCUT2D eigenvalue weighted by molar-refractivity contribution is 5.85. The first kappa shape index (κ1) is 18.5. The van der Waals surface area contributed by atoms with E-state index in [-0.39, 0.29) is 24.4 Å². The first-order valence-electron chi connectivity index (χ1n) is 8.83. The second-order valence-electron chi connectivity index (χ2n) is 6.67. The van der Waals surface area contributed by atoms with Gasteiger partial charge in [-0.1, -0.05) is 48.5 Å². The van der Waals surface area contributed by atoms with Crippen molar-refractivity contribution in [3.63, 3.8) is 0 Å². The van der Waals surface area contributed by atoms with E-state index in [9.17, 15) is 4.79 Å². The normalized spacial score (nSPS) is 14.6. The summed E-state index contributed by atoms with van der Waals surface area (Å²) in [5.74, 6) is 1.49. The van der Waals surface area contributed by atoms with Gasteiger partial charge >= 0.3 is 0 Å². The Hall–Kier alpha value is -2.30. The Labute approximate surface area is 159 Å². The summed E-state index contributed by atoms with van der Waals surface area (Å²) in [7, 11) is 0. The average molecular weight is 371 g/mol. The molecule has 26 heavy (non-hydrogen) atoms. The van der Waals surface area contributed by atoms with Gasteiger partial charge in [0, 0.05) is 5.39 Å². The molecule has 1 aromatic heterocycles. The number of amides is 1. The zero-order valence-electron chi connectivity index (χ0n) is 14.5. The van der Waals surface area contributed by atoms with Gasteiger partial charge in [0.05, 0.1) is 6.54 Å². The third kappa shape index (κ3) is 4.45. The van der Waals surface area contributed by atoms with Crippen LogP contribution in [0, 0.1) is 5.92 Å². The highest BCUT2D eigenvalue weighted by Crippen LogP contribution is 2.29. The quantitative estimate of drug-likeness (QED) is 0.659. The fraction of sp³-hybridized carbons (Fsp3) is 0.286. The molecule has 4 rings (SSSR count). The third-order valence-electron chi connectivity index (χ3n) is 4.58. The van der Waals surface area contributed by atoms with Crippen molar-refractivity contribution in [3.05, 3.63) is 72.0 Å². The van der Waals surface area contributed by atoms with Gasteiger partial charge < -0.3 is 15.1 Å². The van der Waals surface area contributed by atoms with E-state index in [2.05, 4.69) is 10.6 Å². The van der Waals surface area contributed by atoms with Crippen LogP contribution in [0.25, 0.3) is 11.0 Å². The molecule has 0 aliphatic heterocycles. The monoisotopic (exact) mass is 370 g/mol. The van der Waals surface area contributed by atoms with Crippen molar-refractivity contribution >= 4 is 29.3 Å². The van der Waals surface area contributed by atoms with Crippen molar-refractivity contribution in [3.8, 4) is 0 Å². The Morgan fingerprint density at radius 1 is 1.08 bits per heavy atom. The molecule has 1 heterocycles. The van der Waals surface area contributed by atoms with Crippen molar-refractivity contribution in [2.75, 3.05) is 13.1 Å². The van der Waals surface area contributed by atoms with E-state index in [1.54, 1.807) is 0 Å². The van der Waals surface area contributed by atoms with Gasteiger partial charge in [0.1, 0.15) is 17.4 Å². The number of fused-ring (bicyclic) bond motifs is 1. The molecule has 1 saturated carbocycles. The number of nitrogens with one attached hydrogen (secondary N) is 2. The number of hydrogen-bond acceptors (Lipinski definition) is 3. The van der Waals surface area contributed by atoms with E-state index in [1.165, 1.54) is 12.8 Å². The Morgan fingerprint density at radius 2 is 1.81 bits per heavy atom. The Balaban J connectivity index is 0.00000196. The number of carbonyl (C=O) groups is 1. The van der Waals surface area contributed by atoms with Gasteiger partial charge in [0.2, 0.25) is 5.91 Å². The molecule has 2 aromatic carbocycles. The summed E-state index contributed by atoms with van der Waals surface area (Å²) in [4.78, 5) is 12.4. The van der Waals surface area contributed by atoms with Crippen LogP contribution >= 0.6 is 12.4 Å². The van der Waals surface area contributed by atoms with Crippen LogP contribution in [0.2, 0.25) is 0 Å². The third-order valence-corrected chi connectivity index (χ3v) is 4.58. The standard InChI is InChI=1S/C21H22N2O2.ClH/c24-20(14-22-13-15-10-11-15)23-21(16-6-2-1-3-7-16)19-12-17-8-4-5-9-18(17)25-19;/h1-9,12,15,21-22H,10-11,13-14H2,(H,23,24);1H. The fourth-order valence-electron chi connectivity index (χ4n) is 3.03. The summed E-state index contributed by atoms with van der Waals surface area (Å²) in [6.45, 7) is 1.26. The lowest BCUT2D eigenvalue weighted by Crippen LogP contribution is -2.37. The summed E-state index contributed by atoms with van der Waals surface area (Å²) < 4.78 is 6.00. The lowest BCUT2D eigenvalue weighted by molar-refractivity contribution is -0.120. The number of furan rings is 1. The molecule has 136 valence electrons. The average Bonchev–Trinajstić information content (AvgIpc) is 3.36. The van der Waals surface area contributed by atoms with Crippen molar-refractivity contribution in [2.24, 2.45) is 5.92 Å². The van der Waals surface area contributed by atoms with Crippen LogP contribution in [0.4, 0.5) is 0 Å². The zero-order chi connectivity index (χ0) is 17.1. The van der Waals surface area contributed by atoms with Gasteiger partial charge in [-0.15, -0.1) is 12.4 Å². The Morgan fingerprint density at radius 3 is 2.54 bits per heavy atom. The van der Waals surface area contributed by atoms with Crippen LogP contribution < -0.4 is 10.6 Å². The van der Waals surface area contributed by atoms with Crippen molar-refractivity contribution < 1.29 is 9.21 Å². The predicted molar refractivity (Wildman–Crippen MR) is 105 cm³/mol. The summed E-state index contributed by atoms with van der Waals surface area (Å²) in [5, 5.41) is 7.39. The van der Waals surface area contributed by atoms with E-state index < -0.39 is 0 Å². The molecule has 1 aliphatic rings. The number of hydrogen-bond donors (Lipinski definition) is 2. The second kappa shape index (κ2) is 8.39. The highest BCUT2D eigenvalue weighted by Gasteiger charge is 2.23.